The van der Waals surface area contributed by atoms with Gasteiger partial charge in [0.1, 0.15) is 6.61 Å². The van der Waals surface area contributed by atoms with Gasteiger partial charge >= 0.3 is 6.16 Å². The van der Waals surface area contributed by atoms with Crippen molar-refractivity contribution in [3.05, 3.63) is 0 Å². The SMILES string of the molecule is COCC(C)(C)OCC(C)(C)OCCOCC1COC(=O)O1. The lowest BCUT2D eigenvalue weighted by Gasteiger charge is -2.31. The van der Waals surface area contributed by atoms with E-state index in [9.17, 15) is 4.79 Å². The molecule has 1 rings (SSSR count). The minimum absolute atomic E-state index is 0.244. The summed E-state index contributed by atoms with van der Waals surface area (Å²) in [6.07, 6.45) is -0.958. The van der Waals surface area contributed by atoms with E-state index in [4.69, 9.17) is 23.7 Å². The van der Waals surface area contributed by atoms with Gasteiger partial charge in [-0.2, -0.15) is 0 Å². The molecule has 0 aromatic heterocycles. The molecule has 1 fully saturated rings. The molecule has 0 bridgehead atoms. The zero-order valence-electron chi connectivity index (χ0n) is 14.2. The zero-order chi connectivity index (χ0) is 16.6. The van der Waals surface area contributed by atoms with Gasteiger partial charge in [0.25, 0.3) is 0 Å². The normalized spacial score (nSPS) is 19.1. The average Bonchev–Trinajstić information content (AvgIpc) is 2.82. The summed E-state index contributed by atoms with van der Waals surface area (Å²) in [5, 5.41) is 0. The van der Waals surface area contributed by atoms with Crippen molar-refractivity contribution in [2.45, 2.75) is 45.0 Å². The Balaban J connectivity index is 2.10. The first-order valence-corrected chi connectivity index (χ1v) is 7.42. The van der Waals surface area contributed by atoms with Crippen LogP contribution in [0.25, 0.3) is 0 Å². The van der Waals surface area contributed by atoms with E-state index in [1.165, 1.54) is 0 Å². The Kier molecular flexibility index (Phi) is 7.55. The lowest BCUT2D eigenvalue weighted by molar-refractivity contribution is -0.142. The van der Waals surface area contributed by atoms with Gasteiger partial charge in [-0.25, -0.2) is 4.79 Å². The van der Waals surface area contributed by atoms with Gasteiger partial charge in [0.2, 0.25) is 0 Å². The molecular weight excluding hydrogens is 292 g/mol. The summed E-state index contributed by atoms with van der Waals surface area (Å²) in [4.78, 5) is 10.7. The van der Waals surface area contributed by atoms with Crippen molar-refractivity contribution in [1.29, 1.82) is 0 Å². The number of hydrogen-bond acceptors (Lipinski definition) is 7. The van der Waals surface area contributed by atoms with Crippen LogP contribution in [0.1, 0.15) is 27.7 Å². The van der Waals surface area contributed by atoms with Crippen LogP contribution in [-0.4, -0.2) is 70.2 Å². The fraction of sp³-hybridized carbons (Fsp3) is 0.933. The van der Waals surface area contributed by atoms with Crippen molar-refractivity contribution < 1.29 is 33.2 Å². The summed E-state index contributed by atoms with van der Waals surface area (Å²) in [6.45, 7) is 10.3. The third-order valence-corrected chi connectivity index (χ3v) is 2.98. The molecule has 0 N–H and O–H groups in total. The van der Waals surface area contributed by atoms with Crippen molar-refractivity contribution in [3.63, 3.8) is 0 Å². The molecule has 130 valence electrons. The Morgan fingerprint density at radius 3 is 2.36 bits per heavy atom. The van der Waals surface area contributed by atoms with E-state index < -0.39 is 11.8 Å². The van der Waals surface area contributed by atoms with E-state index in [1.54, 1.807) is 7.11 Å². The molecule has 7 nitrogen and oxygen atoms in total. The van der Waals surface area contributed by atoms with Crippen molar-refractivity contribution in [3.8, 4) is 0 Å². The number of carbonyl (C=O) groups is 1. The van der Waals surface area contributed by atoms with Gasteiger partial charge in [-0.3, -0.25) is 0 Å². The fourth-order valence-electron chi connectivity index (χ4n) is 1.84. The van der Waals surface area contributed by atoms with Crippen LogP contribution in [0, 0.1) is 0 Å². The van der Waals surface area contributed by atoms with Crippen molar-refractivity contribution in [2.75, 3.05) is 46.8 Å². The van der Waals surface area contributed by atoms with Crippen LogP contribution in [0.5, 0.6) is 0 Å². The van der Waals surface area contributed by atoms with Crippen molar-refractivity contribution in [1.82, 2.24) is 0 Å². The van der Waals surface area contributed by atoms with E-state index in [0.29, 0.717) is 33.0 Å². The van der Waals surface area contributed by atoms with Crippen LogP contribution in [0.15, 0.2) is 0 Å². The maximum atomic E-state index is 10.7. The van der Waals surface area contributed by atoms with Gasteiger partial charge in [0.15, 0.2) is 6.10 Å². The predicted octanol–water partition coefficient (Wildman–Crippen LogP) is 1.78. The second kappa shape index (κ2) is 8.67. The second-order valence-electron chi connectivity index (χ2n) is 6.47. The topological polar surface area (TPSA) is 72.5 Å². The summed E-state index contributed by atoms with van der Waals surface area (Å²) >= 11 is 0. The number of rotatable bonds is 11. The standard InChI is InChI=1S/C15H28O7/c1-14(2,10-17-5)21-11-15(3,4)20-7-6-18-8-12-9-19-13(16)22-12/h12H,6-11H2,1-5H3. The first-order valence-electron chi connectivity index (χ1n) is 7.42. The third-order valence-electron chi connectivity index (χ3n) is 2.98. The first-order chi connectivity index (χ1) is 10.2. The summed E-state index contributed by atoms with van der Waals surface area (Å²) in [6, 6.07) is 0. The molecule has 0 saturated carbocycles. The smallest absolute Gasteiger partial charge is 0.430 e. The summed E-state index contributed by atoms with van der Waals surface area (Å²) in [7, 11) is 1.65. The van der Waals surface area contributed by atoms with E-state index in [0.717, 1.165) is 0 Å². The van der Waals surface area contributed by atoms with Gasteiger partial charge in [0, 0.05) is 7.11 Å². The van der Waals surface area contributed by atoms with Gasteiger partial charge in [-0.1, -0.05) is 0 Å². The van der Waals surface area contributed by atoms with Gasteiger partial charge in [-0.05, 0) is 27.7 Å². The number of hydrogen-bond donors (Lipinski definition) is 0. The summed E-state index contributed by atoms with van der Waals surface area (Å²) < 4.78 is 31.6. The molecule has 1 aliphatic rings. The van der Waals surface area contributed by atoms with Crippen LogP contribution in [0.2, 0.25) is 0 Å². The Bertz CT molecular complexity index is 341. The Labute approximate surface area is 132 Å². The van der Waals surface area contributed by atoms with Crippen molar-refractivity contribution in [2.24, 2.45) is 0 Å². The quantitative estimate of drug-likeness (QED) is 0.424. The molecular formula is C15H28O7. The maximum Gasteiger partial charge on any atom is 0.508 e. The fourth-order valence-corrected chi connectivity index (χ4v) is 1.84. The summed E-state index contributed by atoms with van der Waals surface area (Å²) in [5.74, 6) is 0. The number of cyclic esters (lactones) is 2. The van der Waals surface area contributed by atoms with Crippen LogP contribution < -0.4 is 0 Å². The number of ether oxygens (including phenoxy) is 6. The van der Waals surface area contributed by atoms with E-state index in [-0.39, 0.29) is 18.3 Å². The molecule has 1 saturated heterocycles. The average molecular weight is 320 g/mol. The molecule has 0 spiro atoms. The molecule has 22 heavy (non-hydrogen) atoms. The molecule has 1 atom stereocenters. The van der Waals surface area contributed by atoms with Crippen LogP contribution >= 0.6 is 0 Å². The first kappa shape index (κ1) is 19.2. The molecule has 0 aromatic rings. The molecule has 0 amide bonds. The van der Waals surface area contributed by atoms with Crippen molar-refractivity contribution >= 4 is 6.16 Å². The monoisotopic (exact) mass is 320 g/mol. The van der Waals surface area contributed by atoms with Crippen LogP contribution in [-0.2, 0) is 28.4 Å². The minimum Gasteiger partial charge on any atom is -0.430 e. The Morgan fingerprint density at radius 2 is 1.77 bits per heavy atom. The maximum absolute atomic E-state index is 10.7. The largest absolute Gasteiger partial charge is 0.508 e. The highest BCUT2D eigenvalue weighted by Gasteiger charge is 2.26. The Hall–Kier alpha value is -0.890. The van der Waals surface area contributed by atoms with E-state index in [2.05, 4.69) is 4.74 Å². The Morgan fingerprint density at radius 1 is 1.09 bits per heavy atom. The molecule has 0 radical (unpaired) electrons. The molecule has 7 heteroatoms. The van der Waals surface area contributed by atoms with E-state index in [1.807, 2.05) is 27.7 Å². The number of methoxy groups -OCH3 is 1. The molecule has 1 aliphatic heterocycles. The predicted molar refractivity (Wildman–Crippen MR) is 79.0 cm³/mol. The molecule has 1 heterocycles. The highest BCUT2D eigenvalue weighted by molar-refractivity contribution is 5.61. The van der Waals surface area contributed by atoms with Crippen LogP contribution in [0.4, 0.5) is 4.79 Å². The molecule has 1 unspecified atom stereocenters. The number of carbonyl (C=O) groups excluding carboxylic acids is 1. The third kappa shape index (κ3) is 7.93. The lowest BCUT2D eigenvalue weighted by Crippen LogP contribution is -2.39. The minimum atomic E-state index is -0.637. The lowest BCUT2D eigenvalue weighted by atomic mass is 10.1. The second-order valence-corrected chi connectivity index (χ2v) is 6.47. The highest BCUT2D eigenvalue weighted by Crippen LogP contribution is 2.16. The highest BCUT2D eigenvalue weighted by atomic mass is 16.8. The summed E-state index contributed by atoms with van der Waals surface area (Å²) in [5.41, 5.74) is -0.768. The molecule has 0 aliphatic carbocycles. The molecule has 0 aromatic carbocycles. The van der Waals surface area contributed by atoms with E-state index >= 15 is 0 Å². The zero-order valence-corrected chi connectivity index (χ0v) is 14.2. The van der Waals surface area contributed by atoms with Gasteiger partial charge in [0.05, 0.1) is 44.2 Å². The van der Waals surface area contributed by atoms with Gasteiger partial charge < -0.3 is 28.4 Å². The van der Waals surface area contributed by atoms with Gasteiger partial charge in [-0.15, -0.1) is 0 Å². The van der Waals surface area contributed by atoms with Crippen LogP contribution in [0.3, 0.4) is 0 Å².